The van der Waals surface area contributed by atoms with E-state index < -0.39 is 29.3 Å². The number of alkyl halides is 1. The van der Waals surface area contributed by atoms with E-state index >= 15 is 0 Å². The number of carbonyl (C=O) groups is 2. The van der Waals surface area contributed by atoms with Gasteiger partial charge in [0.15, 0.2) is 0 Å². The van der Waals surface area contributed by atoms with Crippen molar-refractivity contribution in [3.05, 3.63) is 47.8 Å². The Bertz CT molecular complexity index is 1370. The molecule has 0 bridgehead atoms. The minimum Gasteiger partial charge on any atom is -0.453 e. The fourth-order valence-corrected chi connectivity index (χ4v) is 3.85. The number of aliphatic hydroxyl groups is 1. The van der Waals surface area contributed by atoms with Gasteiger partial charge in [-0.15, -0.1) is 0 Å². The summed E-state index contributed by atoms with van der Waals surface area (Å²) < 4.78 is 20.6. The number of alkyl carbamates (subject to hydrolysis) is 1. The number of amides is 2. The molecule has 0 unspecified atom stereocenters. The molecule has 0 radical (unpaired) electrons. The van der Waals surface area contributed by atoms with Crippen LogP contribution < -0.4 is 16.0 Å². The fourth-order valence-electron chi connectivity index (χ4n) is 3.85. The quantitative estimate of drug-likeness (QED) is 0.270. The first-order valence-corrected chi connectivity index (χ1v) is 12.5. The fraction of sp³-hybridized carbons (Fsp3) is 0.444. The molecule has 11 nitrogen and oxygen atoms in total. The second-order valence-electron chi connectivity index (χ2n) is 10.4. The van der Waals surface area contributed by atoms with Gasteiger partial charge in [0.2, 0.25) is 0 Å². The van der Waals surface area contributed by atoms with Crippen LogP contribution in [0.1, 0.15) is 56.5 Å². The maximum absolute atomic E-state index is 14.3. The molecular formula is C27H34FN7O4. The van der Waals surface area contributed by atoms with Gasteiger partial charge < -0.3 is 25.8 Å². The Morgan fingerprint density at radius 2 is 1.97 bits per heavy atom. The molecule has 0 saturated carbocycles. The molecule has 3 rings (SSSR count). The van der Waals surface area contributed by atoms with E-state index in [0.717, 1.165) is 0 Å². The van der Waals surface area contributed by atoms with Gasteiger partial charge in [0, 0.05) is 18.3 Å². The number of pyridine rings is 1. The van der Waals surface area contributed by atoms with Crippen molar-refractivity contribution in [3.8, 4) is 17.5 Å². The summed E-state index contributed by atoms with van der Waals surface area (Å²) in [6.45, 7) is 6.52. The van der Waals surface area contributed by atoms with E-state index in [1.807, 2.05) is 26.0 Å². The molecule has 4 N–H and O–H groups in total. The van der Waals surface area contributed by atoms with Gasteiger partial charge in [-0.05, 0) is 64.8 Å². The second-order valence-corrected chi connectivity index (χ2v) is 10.4. The average Bonchev–Trinajstić information content (AvgIpc) is 3.31. The Hall–Kier alpha value is -4.24. The van der Waals surface area contributed by atoms with Crippen LogP contribution in [0.2, 0.25) is 0 Å². The third kappa shape index (κ3) is 7.64. The van der Waals surface area contributed by atoms with Crippen LogP contribution in [-0.2, 0) is 4.74 Å². The van der Waals surface area contributed by atoms with Crippen LogP contribution in [-0.4, -0.2) is 69.2 Å². The van der Waals surface area contributed by atoms with Gasteiger partial charge in [0.1, 0.15) is 12.2 Å². The van der Waals surface area contributed by atoms with E-state index in [9.17, 15) is 19.1 Å². The summed E-state index contributed by atoms with van der Waals surface area (Å²) >= 11 is 0. The number of aromatic nitrogens is 3. The van der Waals surface area contributed by atoms with Crippen LogP contribution >= 0.6 is 0 Å². The van der Waals surface area contributed by atoms with Crippen molar-refractivity contribution in [2.75, 3.05) is 25.5 Å². The second kappa shape index (κ2) is 12.1. The van der Waals surface area contributed by atoms with Gasteiger partial charge in [-0.25, -0.2) is 13.7 Å². The lowest BCUT2D eigenvalue weighted by Crippen LogP contribution is -2.43. The van der Waals surface area contributed by atoms with Crippen LogP contribution in [0.25, 0.3) is 16.9 Å². The number of methoxy groups -OCH3 is 1. The van der Waals surface area contributed by atoms with Gasteiger partial charge in [0.25, 0.3) is 5.91 Å². The predicted octanol–water partition coefficient (Wildman–Crippen LogP) is 3.43. The van der Waals surface area contributed by atoms with Crippen LogP contribution in [0.3, 0.4) is 0 Å². The molecule has 2 amide bonds. The lowest BCUT2D eigenvalue weighted by Gasteiger charge is -2.25. The molecule has 1 atom stereocenters. The number of rotatable bonds is 11. The molecule has 3 aromatic rings. The van der Waals surface area contributed by atoms with Crippen LogP contribution in [0, 0.1) is 11.3 Å². The molecule has 12 heteroatoms. The first-order chi connectivity index (χ1) is 18.3. The standard InChI is InChI=1S/C27H34FN7O4/c1-26(2,34-25(37)39-5)9-6-10-30-20-12-21(22-8-7-18-11-17(13-29)14-33-35(18)22)31-15-19(20)24(36)32-16-23(28)27(3,4)38/h7-8,11-12,14-15,23,38H,6,9-10,16H2,1-5H3,(H,30,31)(H,32,36)(H,34,37)/t23-/m1/s1. The zero-order valence-electron chi connectivity index (χ0n) is 22.7. The van der Waals surface area contributed by atoms with Gasteiger partial charge in [-0.2, -0.15) is 10.4 Å². The number of nitriles is 1. The van der Waals surface area contributed by atoms with Crippen molar-refractivity contribution >= 4 is 23.2 Å². The highest BCUT2D eigenvalue weighted by atomic mass is 19.1. The lowest BCUT2D eigenvalue weighted by atomic mass is 9.98. The van der Waals surface area contributed by atoms with E-state index in [0.29, 0.717) is 47.5 Å². The molecule has 0 aliphatic carbocycles. The number of hydrogen-bond acceptors (Lipinski definition) is 8. The summed E-state index contributed by atoms with van der Waals surface area (Å²) in [5.74, 6) is -0.548. The normalized spacial score (nSPS) is 12.5. The van der Waals surface area contributed by atoms with Crippen molar-refractivity contribution in [2.45, 2.75) is 57.8 Å². The van der Waals surface area contributed by atoms with Gasteiger partial charge in [-0.1, -0.05) is 0 Å². The zero-order valence-corrected chi connectivity index (χ0v) is 22.7. The first-order valence-electron chi connectivity index (χ1n) is 12.5. The molecule has 3 aromatic heterocycles. The summed E-state index contributed by atoms with van der Waals surface area (Å²) in [7, 11) is 1.30. The highest BCUT2D eigenvalue weighted by molar-refractivity contribution is 6.00. The predicted molar refractivity (Wildman–Crippen MR) is 144 cm³/mol. The Labute approximate surface area is 226 Å². The van der Waals surface area contributed by atoms with Gasteiger partial charge in [-0.3, -0.25) is 9.78 Å². The number of ether oxygens (including phenoxy) is 1. The molecule has 0 aromatic carbocycles. The van der Waals surface area contributed by atoms with Crippen LogP contribution in [0.5, 0.6) is 0 Å². The molecule has 208 valence electrons. The number of nitrogens with zero attached hydrogens (tertiary/aromatic N) is 4. The lowest BCUT2D eigenvalue weighted by molar-refractivity contribution is -0.00177. The topological polar surface area (TPSA) is 154 Å². The minimum absolute atomic E-state index is 0.203. The third-order valence-corrected chi connectivity index (χ3v) is 6.17. The summed E-state index contributed by atoms with van der Waals surface area (Å²) in [5, 5.41) is 31.9. The Morgan fingerprint density at radius 3 is 2.64 bits per heavy atom. The molecule has 39 heavy (non-hydrogen) atoms. The van der Waals surface area contributed by atoms with E-state index in [1.165, 1.54) is 33.4 Å². The monoisotopic (exact) mass is 539 g/mol. The van der Waals surface area contributed by atoms with Gasteiger partial charge in [0.05, 0.1) is 59.2 Å². The summed E-state index contributed by atoms with van der Waals surface area (Å²) in [6, 6.07) is 9.10. The molecule has 3 heterocycles. The molecule has 0 saturated heterocycles. The van der Waals surface area contributed by atoms with E-state index in [2.05, 4.69) is 36.8 Å². The Morgan fingerprint density at radius 1 is 1.23 bits per heavy atom. The number of halogens is 1. The average molecular weight is 540 g/mol. The van der Waals surface area contributed by atoms with Crippen molar-refractivity contribution < 1.29 is 23.8 Å². The van der Waals surface area contributed by atoms with E-state index in [-0.39, 0.29) is 12.1 Å². The smallest absolute Gasteiger partial charge is 0.407 e. The van der Waals surface area contributed by atoms with Crippen molar-refractivity contribution in [1.82, 2.24) is 25.2 Å². The largest absolute Gasteiger partial charge is 0.453 e. The summed E-state index contributed by atoms with van der Waals surface area (Å²) in [4.78, 5) is 29.0. The molecule has 0 aliphatic rings. The Balaban J connectivity index is 1.84. The number of nitrogens with one attached hydrogen (secondary N) is 3. The number of carbonyl (C=O) groups excluding carboxylic acids is 2. The molecular weight excluding hydrogens is 505 g/mol. The van der Waals surface area contributed by atoms with Gasteiger partial charge >= 0.3 is 6.09 Å². The molecule has 0 aliphatic heterocycles. The van der Waals surface area contributed by atoms with Crippen molar-refractivity contribution in [2.24, 2.45) is 0 Å². The maximum Gasteiger partial charge on any atom is 0.407 e. The minimum atomic E-state index is -1.66. The first kappa shape index (κ1) is 29.3. The molecule has 0 fully saturated rings. The molecule has 0 spiro atoms. The number of anilines is 1. The van der Waals surface area contributed by atoms with E-state index in [4.69, 9.17) is 5.26 Å². The summed E-state index contributed by atoms with van der Waals surface area (Å²) in [5.41, 5.74) is 0.880. The van der Waals surface area contributed by atoms with Crippen LogP contribution in [0.15, 0.2) is 36.7 Å². The SMILES string of the molecule is COC(=O)NC(C)(C)CCCNc1cc(-c2ccc3cc(C#N)cnn23)ncc1C(=O)NC[C@@H](F)C(C)(C)O. The highest BCUT2D eigenvalue weighted by Crippen LogP contribution is 2.26. The van der Waals surface area contributed by atoms with Crippen LogP contribution in [0.4, 0.5) is 14.9 Å². The number of fused-ring (bicyclic) bond motifs is 1. The maximum atomic E-state index is 14.3. The third-order valence-electron chi connectivity index (χ3n) is 6.17. The van der Waals surface area contributed by atoms with Crippen molar-refractivity contribution in [1.29, 1.82) is 5.26 Å². The summed E-state index contributed by atoms with van der Waals surface area (Å²) in [6.07, 6.45) is 1.95. The highest BCUT2D eigenvalue weighted by Gasteiger charge is 2.27. The zero-order chi connectivity index (χ0) is 28.8. The number of hydrogen-bond donors (Lipinski definition) is 4. The van der Waals surface area contributed by atoms with Crippen molar-refractivity contribution in [3.63, 3.8) is 0 Å². The Kier molecular flexibility index (Phi) is 9.08. The van der Waals surface area contributed by atoms with E-state index in [1.54, 1.807) is 16.6 Å².